The first kappa shape index (κ1) is 14.4. The first-order valence-corrected chi connectivity index (χ1v) is 7.31. The molecule has 0 bridgehead atoms. The van der Waals surface area contributed by atoms with Crippen LogP contribution in [0.1, 0.15) is 34.1 Å². The Balaban J connectivity index is 2.57. The van der Waals surface area contributed by atoms with E-state index >= 15 is 0 Å². The zero-order valence-electron chi connectivity index (χ0n) is 11.5. The summed E-state index contributed by atoms with van der Waals surface area (Å²) in [5.41, 5.74) is 0. The van der Waals surface area contributed by atoms with E-state index < -0.39 is 0 Å². The quantitative estimate of drug-likeness (QED) is 0.553. The highest BCUT2D eigenvalue weighted by Gasteiger charge is 2.43. The lowest BCUT2D eigenvalue weighted by molar-refractivity contribution is -0.139. The maximum Gasteiger partial charge on any atom is 0.233 e. The number of imide groups is 1. The Hall–Kier alpha value is -0.683. The highest BCUT2D eigenvalue weighted by molar-refractivity contribution is 6.19. The van der Waals surface area contributed by atoms with E-state index in [0.717, 1.165) is 10.2 Å². The average molecular weight is 256 g/mol. The van der Waals surface area contributed by atoms with E-state index in [1.165, 1.54) is 4.90 Å². The van der Waals surface area contributed by atoms with Crippen LogP contribution >= 0.6 is 0 Å². The third-order valence-corrected chi connectivity index (χ3v) is 3.87. The maximum atomic E-state index is 12.1. The fraction of sp³-hybridized carbons (Fsp3) is 0.833. The van der Waals surface area contributed by atoms with Crippen LogP contribution in [-0.2, 0) is 9.59 Å². The van der Waals surface area contributed by atoms with E-state index in [4.69, 9.17) is 0 Å². The van der Waals surface area contributed by atoms with Gasteiger partial charge in [-0.1, -0.05) is 27.7 Å². The first-order valence-electron chi connectivity index (χ1n) is 6.31. The molecule has 1 N–H and O–H groups in total. The predicted molar refractivity (Wildman–Crippen MR) is 71.9 cm³/mol. The minimum absolute atomic E-state index is 0.00511. The molecule has 1 aliphatic heterocycles. The van der Waals surface area contributed by atoms with Gasteiger partial charge in [0.05, 0.1) is 0 Å². The molecule has 17 heavy (non-hydrogen) atoms. The molecule has 98 valence electrons. The topological polar surface area (TPSA) is 49.4 Å². The Labute approximate surface area is 107 Å². The lowest BCUT2D eigenvalue weighted by Crippen LogP contribution is -2.39. The number of hydrogen-bond donors (Lipinski definition) is 1. The van der Waals surface area contributed by atoms with Crippen LogP contribution in [0.2, 0.25) is 5.04 Å². The lowest BCUT2D eigenvalue weighted by Gasteiger charge is -2.25. The van der Waals surface area contributed by atoms with Crippen molar-refractivity contribution in [3.63, 3.8) is 0 Å². The number of carbonyl (C=O) groups excluding carboxylic acids is 2. The van der Waals surface area contributed by atoms with Crippen LogP contribution in [0, 0.1) is 5.92 Å². The Bertz CT molecular complexity index is 310. The maximum absolute atomic E-state index is 12.1. The van der Waals surface area contributed by atoms with Crippen molar-refractivity contribution in [2.75, 3.05) is 13.1 Å². The van der Waals surface area contributed by atoms with Crippen LogP contribution in [0.4, 0.5) is 0 Å². The summed E-state index contributed by atoms with van der Waals surface area (Å²) in [6.45, 7) is 9.44. The molecule has 0 spiro atoms. The standard InChI is InChI=1S/C12H24N2O2Si/c1-8(2)13-5-6-14-10(15)7-9(11(14)16)12(3,4)17/h8-9,13H,5-7H2,1-4,17H3. The molecule has 2 amide bonds. The second kappa shape index (κ2) is 5.31. The molecular formula is C12H24N2O2Si. The van der Waals surface area contributed by atoms with Crippen LogP contribution in [0.3, 0.4) is 0 Å². The molecule has 5 heteroatoms. The fourth-order valence-corrected chi connectivity index (χ4v) is 2.51. The molecule has 1 aliphatic rings. The van der Waals surface area contributed by atoms with Crippen molar-refractivity contribution in [3.05, 3.63) is 0 Å². The number of likely N-dealkylation sites (tertiary alicyclic amines) is 1. The van der Waals surface area contributed by atoms with Crippen LogP contribution in [-0.4, -0.2) is 46.1 Å². The second-order valence-corrected chi connectivity index (χ2v) is 8.69. The number of rotatable bonds is 5. The van der Waals surface area contributed by atoms with E-state index in [-0.39, 0.29) is 22.8 Å². The van der Waals surface area contributed by atoms with Gasteiger partial charge in [0, 0.05) is 41.7 Å². The summed E-state index contributed by atoms with van der Waals surface area (Å²) in [6, 6.07) is 0.383. The SMILES string of the molecule is CC(C)NCCN1C(=O)CC(C(C)(C)[SiH3])C1=O. The summed E-state index contributed by atoms with van der Waals surface area (Å²) in [7, 11) is 0.928. The van der Waals surface area contributed by atoms with Crippen LogP contribution < -0.4 is 5.32 Å². The highest BCUT2D eigenvalue weighted by atomic mass is 28.1. The van der Waals surface area contributed by atoms with Gasteiger partial charge in [0.2, 0.25) is 11.8 Å². The second-order valence-electron chi connectivity index (χ2n) is 6.12. The number of amides is 2. The summed E-state index contributed by atoms with van der Waals surface area (Å²) >= 11 is 0. The summed E-state index contributed by atoms with van der Waals surface area (Å²) in [5, 5.41) is 3.24. The lowest BCUT2D eigenvalue weighted by atomic mass is 9.93. The van der Waals surface area contributed by atoms with Crippen molar-refractivity contribution in [1.82, 2.24) is 10.2 Å². The zero-order chi connectivity index (χ0) is 13.2. The molecule has 0 aromatic carbocycles. The number of hydrogen-bond acceptors (Lipinski definition) is 3. The number of carbonyl (C=O) groups is 2. The molecule has 0 saturated carbocycles. The molecule has 1 atom stereocenters. The molecule has 0 radical (unpaired) electrons. The first-order chi connectivity index (χ1) is 7.73. The number of nitrogens with zero attached hydrogens (tertiary/aromatic N) is 1. The smallest absolute Gasteiger partial charge is 0.233 e. The largest absolute Gasteiger partial charge is 0.313 e. The molecule has 4 nitrogen and oxygen atoms in total. The Morgan fingerprint density at radius 1 is 1.47 bits per heavy atom. The van der Waals surface area contributed by atoms with Gasteiger partial charge in [-0.2, -0.15) is 0 Å². The average Bonchev–Trinajstić information content (AvgIpc) is 2.43. The van der Waals surface area contributed by atoms with Gasteiger partial charge in [0.15, 0.2) is 0 Å². The van der Waals surface area contributed by atoms with E-state index in [1.54, 1.807) is 0 Å². The predicted octanol–water partition coefficient (Wildman–Crippen LogP) is -0.0766. The van der Waals surface area contributed by atoms with Gasteiger partial charge in [0.1, 0.15) is 0 Å². The molecule has 1 saturated heterocycles. The van der Waals surface area contributed by atoms with Crippen LogP contribution in [0.15, 0.2) is 0 Å². The summed E-state index contributed by atoms with van der Waals surface area (Å²) < 4.78 is 0. The Morgan fingerprint density at radius 2 is 2.06 bits per heavy atom. The Kier molecular flexibility index (Phi) is 4.49. The molecule has 0 aromatic heterocycles. The van der Waals surface area contributed by atoms with Crippen LogP contribution in [0.25, 0.3) is 0 Å². The molecule has 1 fully saturated rings. The van der Waals surface area contributed by atoms with E-state index in [0.29, 0.717) is 25.6 Å². The van der Waals surface area contributed by atoms with Gasteiger partial charge < -0.3 is 5.32 Å². The van der Waals surface area contributed by atoms with Gasteiger partial charge in [0.25, 0.3) is 0 Å². The summed E-state index contributed by atoms with van der Waals surface area (Å²) in [6.07, 6.45) is 0.400. The summed E-state index contributed by atoms with van der Waals surface area (Å²) in [4.78, 5) is 25.4. The van der Waals surface area contributed by atoms with E-state index in [2.05, 4.69) is 33.0 Å². The third kappa shape index (κ3) is 3.64. The van der Waals surface area contributed by atoms with Crippen LogP contribution in [0.5, 0.6) is 0 Å². The van der Waals surface area contributed by atoms with E-state index in [1.807, 2.05) is 0 Å². The minimum Gasteiger partial charge on any atom is -0.313 e. The highest BCUT2D eigenvalue weighted by Crippen LogP contribution is 2.38. The normalized spacial score (nSPS) is 21.9. The van der Waals surface area contributed by atoms with Gasteiger partial charge >= 0.3 is 0 Å². The van der Waals surface area contributed by atoms with Gasteiger partial charge in [-0.05, 0) is 5.04 Å². The van der Waals surface area contributed by atoms with Crippen molar-refractivity contribution < 1.29 is 9.59 Å². The van der Waals surface area contributed by atoms with Crippen molar-refractivity contribution in [1.29, 1.82) is 0 Å². The molecule has 1 heterocycles. The van der Waals surface area contributed by atoms with Gasteiger partial charge in [-0.25, -0.2) is 0 Å². The van der Waals surface area contributed by atoms with Crippen molar-refractivity contribution in [3.8, 4) is 0 Å². The molecule has 1 unspecified atom stereocenters. The molecule has 1 rings (SSSR count). The van der Waals surface area contributed by atoms with Gasteiger partial charge in [-0.3, -0.25) is 14.5 Å². The monoisotopic (exact) mass is 256 g/mol. The minimum atomic E-state index is -0.0966. The van der Waals surface area contributed by atoms with Crippen molar-refractivity contribution in [2.45, 2.75) is 45.2 Å². The zero-order valence-corrected chi connectivity index (χ0v) is 13.5. The van der Waals surface area contributed by atoms with Crippen molar-refractivity contribution >= 4 is 22.1 Å². The number of nitrogens with one attached hydrogen (secondary N) is 1. The molecular weight excluding hydrogens is 232 g/mol. The van der Waals surface area contributed by atoms with Gasteiger partial charge in [-0.15, -0.1) is 0 Å². The molecule has 0 aliphatic carbocycles. The third-order valence-electron chi connectivity index (χ3n) is 3.18. The Morgan fingerprint density at radius 3 is 2.47 bits per heavy atom. The summed E-state index contributed by atoms with van der Waals surface area (Å²) in [5.74, 6) is -0.0734. The fourth-order valence-electron chi connectivity index (χ4n) is 2.06. The van der Waals surface area contributed by atoms with E-state index in [9.17, 15) is 9.59 Å². The molecule has 0 aromatic rings. The van der Waals surface area contributed by atoms with Crippen molar-refractivity contribution in [2.24, 2.45) is 5.92 Å².